The summed E-state index contributed by atoms with van der Waals surface area (Å²) in [6.45, 7) is 3.02. The Kier molecular flexibility index (Phi) is 8.70. The van der Waals surface area contributed by atoms with Crippen LogP contribution in [0.4, 0.5) is 23.2 Å². The number of rotatable bonds is 7. The van der Waals surface area contributed by atoms with Gasteiger partial charge in [-0.05, 0) is 73.4 Å². The van der Waals surface area contributed by atoms with Crippen LogP contribution in [0.5, 0.6) is 5.75 Å². The van der Waals surface area contributed by atoms with Gasteiger partial charge in [0.25, 0.3) is 10.0 Å². The highest BCUT2D eigenvalue weighted by molar-refractivity contribution is 7.92. The van der Waals surface area contributed by atoms with E-state index in [4.69, 9.17) is 16.3 Å². The number of hydrogen-bond acceptors (Lipinski definition) is 5. The number of benzene rings is 3. The molecular weight excluding hydrogens is 586 g/mol. The van der Waals surface area contributed by atoms with Crippen molar-refractivity contribution in [3.63, 3.8) is 0 Å². The lowest BCUT2D eigenvalue weighted by Crippen LogP contribution is -2.44. The summed E-state index contributed by atoms with van der Waals surface area (Å²) in [6, 6.07) is 11.0. The summed E-state index contributed by atoms with van der Waals surface area (Å²) in [6.07, 6.45) is -3.86. The van der Waals surface area contributed by atoms with Crippen LogP contribution in [0.1, 0.15) is 42.0 Å². The minimum Gasteiger partial charge on any atom is -0.486 e. The van der Waals surface area contributed by atoms with Gasteiger partial charge in [-0.25, -0.2) is 12.8 Å². The van der Waals surface area contributed by atoms with Gasteiger partial charge in [-0.3, -0.25) is 9.10 Å². The van der Waals surface area contributed by atoms with E-state index >= 15 is 0 Å². The number of ether oxygens (including phenoxy) is 2. The van der Waals surface area contributed by atoms with Crippen molar-refractivity contribution < 1.29 is 40.2 Å². The van der Waals surface area contributed by atoms with Crippen LogP contribution in [-0.4, -0.2) is 34.1 Å². The molecule has 1 atom stereocenters. The van der Waals surface area contributed by atoms with E-state index in [0.717, 1.165) is 22.5 Å². The zero-order valence-corrected chi connectivity index (χ0v) is 23.8. The van der Waals surface area contributed by atoms with Gasteiger partial charge in [-0.15, -0.1) is 0 Å². The second-order valence-corrected chi connectivity index (χ2v) is 11.7. The van der Waals surface area contributed by atoms with Gasteiger partial charge in [0, 0.05) is 12.0 Å². The molecule has 0 N–H and O–H groups in total. The summed E-state index contributed by atoms with van der Waals surface area (Å²) in [5.41, 5.74) is 0.602. The summed E-state index contributed by atoms with van der Waals surface area (Å²) in [5.74, 6) is -0.893. The van der Waals surface area contributed by atoms with Crippen molar-refractivity contribution in [2.75, 3.05) is 18.0 Å². The zero-order chi connectivity index (χ0) is 30.1. The van der Waals surface area contributed by atoms with Gasteiger partial charge in [-0.1, -0.05) is 35.9 Å². The molecule has 0 radical (unpaired) electrons. The zero-order valence-electron chi connectivity index (χ0n) is 22.3. The molecule has 0 saturated heterocycles. The third-order valence-corrected chi connectivity index (χ3v) is 8.80. The van der Waals surface area contributed by atoms with Crippen LogP contribution < -0.4 is 9.04 Å². The Balaban J connectivity index is 1.84. The Morgan fingerprint density at radius 2 is 1.88 bits per heavy atom. The summed E-state index contributed by atoms with van der Waals surface area (Å²) in [4.78, 5) is 11.2. The SMILES string of the molecule is COC(=O)CC[C@H]1CN(S(=O)(=O)c2cccc(C(F)(F)F)c2)c2c(ccc(/C=C(\C)c3c(F)cccc3Cl)c2C)O1. The number of esters is 1. The summed E-state index contributed by atoms with van der Waals surface area (Å²) < 4.78 is 94.3. The van der Waals surface area contributed by atoms with Crippen LogP contribution in [-0.2, 0) is 25.7 Å². The molecule has 0 bridgehead atoms. The average Bonchev–Trinajstić information content (AvgIpc) is 2.92. The number of allylic oxidation sites excluding steroid dienone is 1. The van der Waals surface area contributed by atoms with E-state index in [9.17, 15) is 30.8 Å². The topological polar surface area (TPSA) is 72.9 Å². The lowest BCUT2D eigenvalue weighted by molar-refractivity contribution is -0.141. The molecule has 12 heteroatoms. The second-order valence-electron chi connectivity index (χ2n) is 9.47. The Morgan fingerprint density at radius 3 is 2.54 bits per heavy atom. The monoisotopic (exact) mass is 611 g/mol. The van der Waals surface area contributed by atoms with E-state index in [1.807, 2.05) is 0 Å². The van der Waals surface area contributed by atoms with E-state index in [0.29, 0.717) is 22.8 Å². The first kappa shape index (κ1) is 30.4. The summed E-state index contributed by atoms with van der Waals surface area (Å²) in [5, 5.41) is 0.194. The lowest BCUT2D eigenvalue weighted by atomic mass is 9.99. The highest BCUT2D eigenvalue weighted by atomic mass is 35.5. The predicted octanol–water partition coefficient (Wildman–Crippen LogP) is 7.28. The molecule has 218 valence electrons. The number of nitrogens with zero attached hydrogens (tertiary/aromatic N) is 1. The molecule has 0 aliphatic carbocycles. The molecule has 3 aromatic carbocycles. The molecule has 0 amide bonds. The largest absolute Gasteiger partial charge is 0.486 e. The number of carbonyl (C=O) groups is 1. The first-order valence-corrected chi connectivity index (χ1v) is 14.3. The summed E-state index contributed by atoms with van der Waals surface area (Å²) in [7, 11) is -3.31. The number of carbonyl (C=O) groups excluding carboxylic acids is 1. The lowest BCUT2D eigenvalue weighted by Gasteiger charge is -2.37. The van der Waals surface area contributed by atoms with Crippen LogP contribution in [0.3, 0.4) is 0 Å². The molecule has 1 aliphatic heterocycles. The smallest absolute Gasteiger partial charge is 0.416 e. The minimum atomic E-state index is -4.75. The quantitative estimate of drug-likeness (QED) is 0.160. The number of halogens is 5. The molecule has 6 nitrogen and oxygen atoms in total. The molecule has 41 heavy (non-hydrogen) atoms. The summed E-state index contributed by atoms with van der Waals surface area (Å²) >= 11 is 6.22. The highest BCUT2D eigenvalue weighted by Crippen LogP contribution is 2.43. The van der Waals surface area contributed by atoms with Crippen LogP contribution >= 0.6 is 11.6 Å². The third-order valence-electron chi connectivity index (χ3n) is 6.72. The molecule has 0 fully saturated rings. The van der Waals surface area contributed by atoms with Gasteiger partial charge < -0.3 is 9.47 Å². The number of methoxy groups -OCH3 is 1. The van der Waals surface area contributed by atoms with E-state index in [1.54, 1.807) is 32.1 Å². The molecule has 0 unspecified atom stereocenters. The van der Waals surface area contributed by atoms with Gasteiger partial charge in [0.2, 0.25) is 0 Å². The van der Waals surface area contributed by atoms with Crippen molar-refractivity contribution in [3.05, 3.63) is 87.7 Å². The molecule has 3 aromatic rings. The number of sulfonamides is 1. The van der Waals surface area contributed by atoms with Crippen molar-refractivity contribution in [2.45, 2.75) is 43.9 Å². The van der Waals surface area contributed by atoms with Crippen LogP contribution in [0.25, 0.3) is 11.6 Å². The van der Waals surface area contributed by atoms with Crippen LogP contribution in [0, 0.1) is 12.7 Å². The first-order valence-electron chi connectivity index (χ1n) is 12.4. The van der Waals surface area contributed by atoms with Gasteiger partial charge in [0.1, 0.15) is 17.7 Å². The van der Waals surface area contributed by atoms with Gasteiger partial charge in [0.15, 0.2) is 0 Å². The third kappa shape index (κ3) is 6.36. The molecule has 0 saturated carbocycles. The number of alkyl halides is 3. The second kappa shape index (κ2) is 11.7. The maximum Gasteiger partial charge on any atom is 0.416 e. The van der Waals surface area contributed by atoms with Crippen LogP contribution in [0.15, 0.2) is 59.5 Å². The Labute approximate surface area is 240 Å². The Hall–Kier alpha value is -3.57. The fourth-order valence-electron chi connectivity index (χ4n) is 4.63. The van der Waals surface area contributed by atoms with Crippen molar-refractivity contribution in [3.8, 4) is 5.75 Å². The van der Waals surface area contributed by atoms with E-state index in [1.165, 1.54) is 25.3 Å². The van der Waals surface area contributed by atoms with Crippen molar-refractivity contribution in [1.82, 2.24) is 0 Å². The molecule has 0 aromatic heterocycles. The fraction of sp³-hybridized carbons (Fsp3) is 0.276. The fourth-order valence-corrected chi connectivity index (χ4v) is 6.56. The average molecular weight is 612 g/mol. The van der Waals surface area contributed by atoms with Crippen molar-refractivity contribution in [1.29, 1.82) is 0 Å². The van der Waals surface area contributed by atoms with E-state index < -0.39 is 44.5 Å². The first-order chi connectivity index (χ1) is 19.2. The predicted molar refractivity (Wildman–Crippen MR) is 148 cm³/mol. The Morgan fingerprint density at radius 1 is 1.17 bits per heavy atom. The molecule has 1 aliphatic rings. The Bertz CT molecular complexity index is 1600. The number of anilines is 1. The van der Waals surface area contributed by atoms with Gasteiger partial charge in [0.05, 0.1) is 34.8 Å². The molecule has 1 heterocycles. The molecule has 4 rings (SSSR count). The van der Waals surface area contributed by atoms with Crippen molar-refractivity contribution >= 4 is 44.9 Å². The standard InChI is InChI=1S/C29H26ClF4NO5S/c1-17(27-23(30)8-5-9-24(27)31)14-19-10-12-25-28(18(19)2)35(16-21(40-25)11-13-26(36)39-3)41(37,38)22-7-4-6-20(15-22)29(32,33)34/h4-10,12,14-15,21H,11,13,16H2,1-3H3/b17-14+/t21-/m0/s1. The minimum absolute atomic E-state index is 0.0592. The maximum atomic E-state index is 14.6. The normalized spacial score (nSPS) is 15.8. The van der Waals surface area contributed by atoms with E-state index in [-0.39, 0.29) is 41.4 Å². The molecular formula is C29H26ClF4NO5S. The molecule has 0 spiro atoms. The van der Waals surface area contributed by atoms with Crippen molar-refractivity contribution in [2.24, 2.45) is 0 Å². The maximum absolute atomic E-state index is 14.6. The highest BCUT2D eigenvalue weighted by Gasteiger charge is 2.38. The number of fused-ring (bicyclic) bond motifs is 1. The van der Waals surface area contributed by atoms with Gasteiger partial charge >= 0.3 is 12.1 Å². The van der Waals surface area contributed by atoms with Gasteiger partial charge in [-0.2, -0.15) is 13.2 Å². The number of hydrogen-bond donors (Lipinski definition) is 0. The van der Waals surface area contributed by atoms with Crippen LogP contribution in [0.2, 0.25) is 5.02 Å². The van der Waals surface area contributed by atoms with E-state index in [2.05, 4.69) is 4.74 Å².